The van der Waals surface area contributed by atoms with Gasteiger partial charge < -0.3 is 4.90 Å². The van der Waals surface area contributed by atoms with Crippen LogP contribution in [0.25, 0.3) is 0 Å². The fourth-order valence-electron chi connectivity index (χ4n) is 1.59. The molecule has 0 aliphatic carbocycles. The number of rotatable bonds is 3. The van der Waals surface area contributed by atoms with Crippen molar-refractivity contribution in [3.63, 3.8) is 0 Å². The zero-order valence-electron chi connectivity index (χ0n) is 10.8. The summed E-state index contributed by atoms with van der Waals surface area (Å²) in [5.41, 5.74) is 2.89. The maximum absolute atomic E-state index is 6.06. The van der Waals surface area contributed by atoms with Crippen LogP contribution in [0.2, 0.25) is 10.0 Å². The van der Waals surface area contributed by atoms with Gasteiger partial charge in [-0.25, -0.2) is 0 Å². The van der Waals surface area contributed by atoms with E-state index in [1.165, 1.54) is 0 Å². The standard InChI is InChI=1S/C15H14Cl2N2/c1-19(2)13-6-3-11(4-7-13)10-18-15-8-5-12(16)9-14(15)17/h3-10H,1-2H3. The zero-order valence-corrected chi connectivity index (χ0v) is 12.3. The number of aliphatic imine (C=N–C) groups is 1. The van der Waals surface area contributed by atoms with Crippen LogP contribution in [-0.4, -0.2) is 20.3 Å². The summed E-state index contributed by atoms with van der Waals surface area (Å²) < 4.78 is 0. The van der Waals surface area contributed by atoms with E-state index < -0.39 is 0 Å². The molecular weight excluding hydrogens is 279 g/mol. The average molecular weight is 293 g/mol. The SMILES string of the molecule is CN(C)c1ccc(C=Nc2ccc(Cl)cc2Cl)cc1. The van der Waals surface area contributed by atoms with Crippen LogP contribution in [0.15, 0.2) is 47.5 Å². The van der Waals surface area contributed by atoms with Gasteiger partial charge in [0.15, 0.2) is 0 Å². The van der Waals surface area contributed by atoms with Crippen molar-refractivity contribution in [1.82, 2.24) is 0 Å². The van der Waals surface area contributed by atoms with Gasteiger partial charge in [-0.05, 0) is 35.9 Å². The minimum Gasteiger partial charge on any atom is -0.378 e. The Balaban J connectivity index is 2.18. The Hall–Kier alpha value is -1.51. The molecule has 2 rings (SSSR count). The Morgan fingerprint density at radius 3 is 2.26 bits per heavy atom. The second kappa shape index (κ2) is 6.09. The van der Waals surface area contributed by atoms with Gasteiger partial charge in [0.2, 0.25) is 0 Å². The third-order valence-corrected chi connectivity index (χ3v) is 3.21. The van der Waals surface area contributed by atoms with E-state index in [4.69, 9.17) is 23.2 Å². The molecular formula is C15H14Cl2N2. The highest BCUT2D eigenvalue weighted by Crippen LogP contribution is 2.27. The topological polar surface area (TPSA) is 15.6 Å². The molecule has 0 aromatic heterocycles. The number of halogens is 2. The normalized spacial score (nSPS) is 10.9. The van der Waals surface area contributed by atoms with Crippen LogP contribution >= 0.6 is 23.2 Å². The van der Waals surface area contributed by atoms with Crippen LogP contribution in [-0.2, 0) is 0 Å². The molecule has 2 nitrogen and oxygen atoms in total. The lowest BCUT2D eigenvalue weighted by Crippen LogP contribution is -2.08. The van der Waals surface area contributed by atoms with Gasteiger partial charge in [0.25, 0.3) is 0 Å². The highest BCUT2D eigenvalue weighted by atomic mass is 35.5. The molecule has 19 heavy (non-hydrogen) atoms. The molecule has 0 saturated carbocycles. The Kier molecular flexibility index (Phi) is 4.46. The molecule has 98 valence electrons. The van der Waals surface area contributed by atoms with Crippen LogP contribution in [0.5, 0.6) is 0 Å². The number of benzene rings is 2. The molecule has 2 aromatic carbocycles. The van der Waals surface area contributed by atoms with Crippen LogP contribution in [0, 0.1) is 0 Å². The summed E-state index contributed by atoms with van der Waals surface area (Å²) in [6.45, 7) is 0. The molecule has 0 aliphatic heterocycles. The predicted octanol–water partition coefficient (Wildman–Crippen LogP) is 4.81. The first kappa shape index (κ1) is 13.9. The number of hydrogen-bond donors (Lipinski definition) is 0. The summed E-state index contributed by atoms with van der Waals surface area (Å²) in [5.74, 6) is 0. The van der Waals surface area contributed by atoms with Gasteiger partial charge >= 0.3 is 0 Å². The summed E-state index contributed by atoms with van der Waals surface area (Å²) in [4.78, 5) is 6.42. The Bertz CT molecular complexity index is 590. The second-order valence-electron chi connectivity index (χ2n) is 4.34. The van der Waals surface area contributed by atoms with E-state index in [9.17, 15) is 0 Å². The van der Waals surface area contributed by atoms with Crippen molar-refractivity contribution in [1.29, 1.82) is 0 Å². The van der Waals surface area contributed by atoms with Crippen molar-refractivity contribution in [3.05, 3.63) is 58.1 Å². The lowest BCUT2D eigenvalue weighted by molar-refractivity contribution is 1.13. The molecule has 2 aromatic rings. The lowest BCUT2D eigenvalue weighted by atomic mass is 10.2. The largest absolute Gasteiger partial charge is 0.378 e. The van der Waals surface area contributed by atoms with Crippen LogP contribution in [0.3, 0.4) is 0 Å². The van der Waals surface area contributed by atoms with Gasteiger partial charge in [-0.3, -0.25) is 4.99 Å². The zero-order chi connectivity index (χ0) is 13.8. The molecule has 0 saturated heterocycles. The molecule has 0 aliphatic rings. The molecule has 0 unspecified atom stereocenters. The van der Waals surface area contributed by atoms with E-state index in [2.05, 4.69) is 9.89 Å². The smallest absolute Gasteiger partial charge is 0.0817 e. The first-order valence-electron chi connectivity index (χ1n) is 5.83. The molecule has 0 atom stereocenters. The van der Waals surface area contributed by atoms with Crippen molar-refractivity contribution in [2.24, 2.45) is 4.99 Å². The summed E-state index contributed by atoms with van der Waals surface area (Å²) in [6.07, 6.45) is 1.79. The van der Waals surface area contributed by atoms with Gasteiger partial charge in [0.05, 0.1) is 10.7 Å². The molecule has 0 fully saturated rings. The highest BCUT2D eigenvalue weighted by Gasteiger charge is 1.99. The second-order valence-corrected chi connectivity index (χ2v) is 5.18. The lowest BCUT2D eigenvalue weighted by Gasteiger charge is -2.11. The number of nitrogens with zero attached hydrogens (tertiary/aromatic N) is 2. The predicted molar refractivity (Wildman–Crippen MR) is 84.5 cm³/mol. The van der Waals surface area contributed by atoms with Crippen molar-refractivity contribution in [2.75, 3.05) is 19.0 Å². The molecule has 0 N–H and O–H groups in total. The molecule has 4 heteroatoms. The summed E-state index contributed by atoms with van der Waals surface area (Å²) >= 11 is 11.9. The summed E-state index contributed by atoms with van der Waals surface area (Å²) in [6, 6.07) is 13.4. The van der Waals surface area contributed by atoms with E-state index >= 15 is 0 Å². The van der Waals surface area contributed by atoms with Gasteiger partial charge in [-0.1, -0.05) is 35.3 Å². The minimum atomic E-state index is 0.550. The third kappa shape index (κ3) is 3.72. The van der Waals surface area contributed by atoms with Crippen LogP contribution in [0.1, 0.15) is 5.56 Å². The Morgan fingerprint density at radius 1 is 1.00 bits per heavy atom. The quantitative estimate of drug-likeness (QED) is 0.741. The van der Waals surface area contributed by atoms with Gasteiger partial charge in [0, 0.05) is 31.0 Å². The maximum Gasteiger partial charge on any atom is 0.0817 e. The number of hydrogen-bond acceptors (Lipinski definition) is 2. The van der Waals surface area contributed by atoms with E-state index in [0.29, 0.717) is 15.7 Å². The van der Waals surface area contributed by atoms with Crippen LogP contribution < -0.4 is 4.90 Å². The maximum atomic E-state index is 6.06. The summed E-state index contributed by atoms with van der Waals surface area (Å²) in [5, 5.41) is 1.16. The minimum absolute atomic E-state index is 0.550. The van der Waals surface area contributed by atoms with Gasteiger partial charge in [-0.15, -0.1) is 0 Å². The van der Waals surface area contributed by atoms with E-state index in [1.807, 2.05) is 38.4 Å². The average Bonchev–Trinajstić information content (AvgIpc) is 2.38. The van der Waals surface area contributed by atoms with Crippen molar-refractivity contribution < 1.29 is 0 Å². The van der Waals surface area contributed by atoms with E-state index in [0.717, 1.165) is 11.3 Å². The van der Waals surface area contributed by atoms with Gasteiger partial charge in [0.1, 0.15) is 0 Å². The Morgan fingerprint density at radius 2 is 1.68 bits per heavy atom. The van der Waals surface area contributed by atoms with Crippen LogP contribution in [0.4, 0.5) is 11.4 Å². The third-order valence-electron chi connectivity index (χ3n) is 2.67. The summed E-state index contributed by atoms with van der Waals surface area (Å²) in [7, 11) is 4.02. The molecule has 0 spiro atoms. The van der Waals surface area contributed by atoms with Gasteiger partial charge in [-0.2, -0.15) is 0 Å². The Labute approximate surface area is 123 Å². The van der Waals surface area contributed by atoms with E-state index in [1.54, 1.807) is 24.4 Å². The van der Waals surface area contributed by atoms with E-state index in [-0.39, 0.29) is 0 Å². The molecule has 0 heterocycles. The molecule has 0 bridgehead atoms. The van der Waals surface area contributed by atoms with Crippen molar-refractivity contribution in [3.8, 4) is 0 Å². The van der Waals surface area contributed by atoms with Crippen molar-refractivity contribution in [2.45, 2.75) is 0 Å². The highest BCUT2D eigenvalue weighted by molar-refractivity contribution is 6.36. The first-order chi connectivity index (χ1) is 9.06. The molecule has 0 radical (unpaired) electrons. The van der Waals surface area contributed by atoms with Crippen molar-refractivity contribution >= 4 is 40.8 Å². The first-order valence-corrected chi connectivity index (χ1v) is 6.58. The fraction of sp³-hybridized carbons (Fsp3) is 0.133. The monoisotopic (exact) mass is 292 g/mol. The fourth-order valence-corrected chi connectivity index (χ4v) is 2.05. The molecule has 0 amide bonds. The number of anilines is 1.